The molecule has 2 N–H and O–H groups in total. The summed E-state index contributed by atoms with van der Waals surface area (Å²) in [4.78, 5) is 0. The lowest BCUT2D eigenvalue weighted by molar-refractivity contribution is 0.482. The van der Waals surface area contributed by atoms with Crippen molar-refractivity contribution >= 4 is 0 Å². The average molecular weight is 255 g/mol. The van der Waals surface area contributed by atoms with Crippen LogP contribution in [0.2, 0.25) is 0 Å². The molecule has 0 saturated carbocycles. The summed E-state index contributed by atoms with van der Waals surface area (Å²) in [7, 11) is 0. The van der Waals surface area contributed by atoms with E-state index in [2.05, 4.69) is 38.1 Å². The molecule has 0 radical (unpaired) electrons. The molecule has 0 aliphatic carbocycles. The van der Waals surface area contributed by atoms with Crippen molar-refractivity contribution in [3.8, 4) is 11.5 Å². The van der Waals surface area contributed by atoms with Crippen LogP contribution in [0.4, 0.5) is 0 Å². The van der Waals surface area contributed by atoms with Crippen molar-refractivity contribution in [2.24, 2.45) is 5.73 Å². The van der Waals surface area contributed by atoms with Crippen LogP contribution in [-0.4, -0.2) is 6.04 Å². The minimum absolute atomic E-state index is 0.187. The van der Waals surface area contributed by atoms with E-state index in [1.54, 1.807) is 0 Å². The normalized spacial score (nSPS) is 12.2. The molecule has 0 aromatic heterocycles. The van der Waals surface area contributed by atoms with Gasteiger partial charge >= 0.3 is 0 Å². The van der Waals surface area contributed by atoms with Gasteiger partial charge in [-0.05, 0) is 68.1 Å². The predicted molar refractivity (Wildman–Crippen MR) is 79.8 cm³/mol. The van der Waals surface area contributed by atoms with Gasteiger partial charge in [0.1, 0.15) is 11.5 Å². The molecule has 0 aliphatic rings. The van der Waals surface area contributed by atoms with Crippen LogP contribution in [0.25, 0.3) is 0 Å². The lowest BCUT2D eigenvalue weighted by Crippen LogP contribution is -2.17. The van der Waals surface area contributed by atoms with Gasteiger partial charge in [-0.3, -0.25) is 0 Å². The van der Waals surface area contributed by atoms with Crippen molar-refractivity contribution in [3.63, 3.8) is 0 Å². The second kappa shape index (κ2) is 5.89. The molecular weight excluding hydrogens is 234 g/mol. The van der Waals surface area contributed by atoms with E-state index in [4.69, 9.17) is 10.5 Å². The molecular formula is C17H21NO. The molecule has 0 amide bonds. The number of ether oxygens (including phenoxy) is 1. The number of aryl methyl sites for hydroxylation is 2. The molecule has 1 unspecified atom stereocenters. The van der Waals surface area contributed by atoms with Crippen molar-refractivity contribution in [2.75, 3.05) is 0 Å². The van der Waals surface area contributed by atoms with Crippen LogP contribution < -0.4 is 10.5 Å². The molecule has 2 rings (SSSR count). The van der Waals surface area contributed by atoms with Crippen molar-refractivity contribution in [1.82, 2.24) is 0 Å². The Balaban J connectivity index is 2.08. The summed E-state index contributed by atoms with van der Waals surface area (Å²) in [5.41, 5.74) is 9.54. The maximum absolute atomic E-state index is 5.84. The standard InChI is InChI=1S/C17H21NO/c1-12-4-7-17(10-13(12)2)19-16-8-5-15(6-9-16)11-14(3)18/h4-10,14H,11,18H2,1-3H3. The van der Waals surface area contributed by atoms with Crippen LogP contribution in [0.5, 0.6) is 11.5 Å². The zero-order chi connectivity index (χ0) is 13.8. The SMILES string of the molecule is Cc1ccc(Oc2ccc(CC(C)N)cc2)cc1C. The molecule has 2 nitrogen and oxygen atoms in total. The molecule has 2 aromatic carbocycles. The Morgan fingerprint density at radius 1 is 0.947 bits per heavy atom. The third-order valence-corrected chi connectivity index (χ3v) is 3.20. The van der Waals surface area contributed by atoms with Gasteiger partial charge in [0, 0.05) is 6.04 Å². The van der Waals surface area contributed by atoms with Crippen molar-refractivity contribution < 1.29 is 4.74 Å². The van der Waals surface area contributed by atoms with Gasteiger partial charge in [0.25, 0.3) is 0 Å². The van der Waals surface area contributed by atoms with E-state index in [9.17, 15) is 0 Å². The predicted octanol–water partition coefficient (Wildman–Crippen LogP) is 3.99. The zero-order valence-corrected chi connectivity index (χ0v) is 11.8. The second-order valence-electron chi connectivity index (χ2n) is 5.17. The Hall–Kier alpha value is -1.80. The van der Waals surface area contributed by atoms with E-state index < -0.39 is 0 Å². The molecule has 1 atom stereocenters. The summed E-state index contributed by atoms with van der Waals surface area (Å²) in [5.74, 6) is 1.74. The van der Waals surface area contributed by atoms with Gasteiger partial charge in [-0.2, -0.15) is 0 Å². The van der Waals surface area contributed by atoms with Crippen LogP contribution >= 0.6 is 0 Å². The molecule has 2 heteroatoms. The Morgan fingerprint density at radius 3 is 2.16 bits per heavy atom. The summed E-state index contributed by atoms with van der Waals surface area (Å²) in [6.07, 6.45) is 0.893. The fourth-order valence-electron chi connectivity index (χ4n) is 1.98. The smallest absolute Gasteiger partial charge is 0.127 e. The molecule has 0 spiro atoms. The summed E-state index contributed by atoms with van der Waals surface area (Å²) < 4.78 is 5.84. The van der Waals surface area contributed by atoms with Crippen LogP contribution in [0.15, 0.2) is 42.5 Å². The van der Waals surface area contributed by atoms with Crippen molar-refractivity contribution in [2.45, 2.75) is 33.2 Å². The largest absolute Gasteiger partial charge is 0.457 e. The molecule has 0 fully saturated rings. The molecule has 0 bridgehead atoms. The molecule has 2 aromatic rings. The van der Waals surface area contributed by atoms with Gasteiger partial charge < -0.3 is 10.5 Å². The fourth-order valence-corrected chi connectivity index (χ4v) is 1.98. The first-order chi connectivity index (χ1) is 9.04. The quantitative estimate of drug-likeness (QED) is 0.896. The van der Waals surface area contributed by atoms with E-state index in [1.807, 2.05) is 25.1 Å². The van der Waals surface area contributed by atoms with Gasteiger partial charge in [0.2, 0.25) is 0 Å². The maximum Gasteiger partial charge on any atom is 0.127 e. The first kappa shape index (κ1) is 13.6. The van der Waals surface area contributed by atoms with Crippen molar-refractivity contribution in [1.29, 1.82) is 0 Å². The Bertz CT molecular complexity index is 544. The van der Waals surface area contributed by atoms with Gasteiger partial charge in [0.05, 0.1) is 0 Å². The van der Waals surface area contributed by atoms with Crippen LogP contribution in [-0.2, 0) is 6.42 Å². The van der Waals surface area contributed by atoms with Crippen LogP contribution in [0.3, 0.4) is 0 Å². The number of hydrogen-bond donors (Lipinski definition) is 1. The van der Waals surface area contributed by atoms with E-state index in [-0.39, 0.29) is 6.04 Å². The Kier molecular flexibility index (Phi) is 4.23. The van der Waals surface area contributed by atoms with E-state index in [0.29, 0.717) is 0 Å². The maximum atomic E-state index is 5.84. The Labute approximate surface area is 115 Å². The highest BCUT2D eigenvalue weighted by molar-refractivity contribution is 5.38. The second-order valence-corrected chi connectivity index (χ2v) is 5.17. The van der Waals surface area contributed by atoms with Gasteiger partial charge in [-0.25, -0.2) is 0 Å². The minimum atomic E-state index is 0.187. The number of nitrogens with two attached hydrogens (primary N) is 1. The molecule has 0 heterocycles. The van der Waals surface area contributed by atoms with Gasteiger partial charge in [-0.15, -0.1) is 0 Å². The number of hydrogen-bond acceptors (Lipinski definition) is 2. The molecule has 19 heavy (non-hydrogen) atoms. The average Bonchev–Trinajstić information content (AvgIpc) is 2.36. The zero-order valence-electron chi connectivity index (χ0n) is 11.8. The van der Waals surface area contributed by atoms with Crippen molar-refractivity contribution in [3.05, 3.63) is 59.2 Å². The van der Waals surface area contributed by atoms with E-state index in [0.717, 1.165) is 17.9 Å². The van der Waals surface area contributed by atoms with Gasteiger partial charge in [0.15, 0.2) is 0 Å². The summed E-state index contributed by atoms with van der Waals surface area (Å²) in [6, 6.07) is 14.4. The third-order valence-electron chi connectivity index (χ3n) is 3.20. The molecule has 0 saturated heterocycles. The fraction of sp³-hybridized carbons (Fsp3) is 0.294. The molecule has 0 aliphatic heterocycles. The van der Waals surface area contributed by atoms with E-state index >= 15 is 0 Å². The minimum Gasteiger partial charge on any atom is -0.457 e. The lowest BCUT2D eigenvalue weighted by Gasteiger charge is -2.09. The number of benzene rings is 2. The first-order valence-corrected chi connectivity index (χ1v) is 6.64. The van der Waals surface area contributed by atoms with Crippen LogP contribution in [0, 0.1) is 13.8 Å². The highest BCUT2D eigenvalue weighted by Crippen LogP contribution is 2.24. The lowest BCUT2D eigenvalue weighted by atomic mass is 10.1. The van der Waals surface area contributed by atoms with E-state index in [1.165, 1.54) is 16.7 Å². The van der Waals surface area contributed by atoms with Gasteiger partial charge in [-0.1, -0.05) is 18.2 Å². The summed E-state index contributed by atoms with van der Waals surface area (Å²) in [6.45, 7) is 6.20. The summed E-state index contributed by atoms with van der Waals surface area (Å²) in [5, 5.41) is 0. The highest BCUT2D eigenvalue weighted by Gasteiger charge is 2.01. The highest BCUT2D eigenvalue weighted by atomic mass is 16.5. The Morgan fingerprint density at radius 2 is 1.58 bits per heavy atom. The number of rotatable bonds is 4. The third kappa shape index (κ3) is 3.83. The molecule has 100 valence electrons. The monoisotopic (exact) mass is 255 g/mol. The first-order valence-electron chi connectivity index (χ1n) is 6.64. The summed E-state index contributed by atoms with van der Waals surface area (Å²) >= 11 is 0. The van der Waals surface area contributed by atoms with Crippen LogP contribution in [0.1, 0.15) is 23.6 Å². The topological polar surface area (TPSA) is 35.2 Å².